The van der Waals surface area contributed by atoms with Crippen molar-refractivity contribution in [3.8, 4) is 0 Å². The summed E-state index contributed by atoms with van der Waals surface area (Å²) < 4.78 is 10.0. The van der Waals surface area contributed by atoms with Gasteiger partial charge in [0.25, 0.3) is 0 Å². The number of esters is 1. The topological polar surface area (TPSA) is 73.9 Å². The first kappa shape index (κ1) is 13.2. The summed E-state index contributed by atoms with van der Waals surface area (Å²) >= 11 is 1.89. The molecule has 0 amide bonds. The van der Waals surface area contributed by atoms with Crippen molar-refractivity contribution in [1.82, 2.24) is 0 Å². The van der Waals surface area contributed by atoms with E-state index in [1.54, 1.807) is 6.92 Å². The van der Waals surface area contributed by atoms with Crippen molar-refractivity contribution in [3.05, 3.63) is 9.46 Å². The molecule has 2 N–H and O–H groups in total. The van der Waals surface area contributed by atoms with Crippen molar-refractivity contribution in [2.24, 2.45) is 10.7 Å². The second-order valence-corrected chi connectivity index (χ2v) is 3.25. The van der Waals surface area contributed by atoms with E-state index in [2.05, 4.69) is 9.73 Å². The molecule has 0 aliphatic carbocycles. The predicted molar refractivity (Wildman–Crippen MR) is 62.2 cm³/mol. The second kappa shape index (κ2) is 6.63. The Morgan fingerprint density at radius 3 is 2.50 bits per heavy atom. The first-order chi connectivity index (χ1) is 6.58. The number of halogens is 1. The zero-order valence-corrected chi connectivity index (χ0v) is 10.5. The molecule has 0 saturated heterocycles. The summed E-state index contributed by atoms with van der Waals surface area (Å²) in [7, 11) is 2.78. The van der Waals surface area contributed by atoms with E-state index in [-0.39, 0.29) is 11.6 Å². The van der Waals surface area contributed by atoms with E-state index in [0.29, 0.717) is 10.2 Å². The zero-order valence-electron chi connectivity index (χ0n) is 8.33. The van der Waals surface area contributed by atoms with Gasteiger partial charge < -0.3 is 15.2 Å². The number of ether oxygens (including phenoxy) is 2. The maximum Gasteiger partial charge on any atom is 0.357 e. The molecule has 0 heterocycles. The van der Waals surface area contributed by atoms with Crippen LogP contribution in [0.5, 0.6) is 0 Å². The fourth-order valence-electron chi connectivity index (χ4n) is 0.711. The van der Waals surface area contributed by atoms with E-state index in [9.17, 15) is 4.79 Å². The van der Waals surface area contributed by atoms with Crippen LogP contribution in [0, 0.1) is 0 Å². The first-order valence-corrected chi connectivity index (χ1v) is 4.99. The Balaban J connectivity index is 4.88. The molecule has 5 nitrogen and oxygen atoms in total. The summed E-state index contributed by atoms with van der Waals surface area (Å²) in [6, 6.07) is 0. The van der Waals surface area contributed by atoms with Crippen molar-refractivity contribution >= 4 is 34.3 Å². The number of hydrogen-bond donors (Lipinski definition) is 1. The summed E-state index contributed by atoms with van der Waals surface area (Å²) in [6.07, 6.45) is 0. The molecular formula is C8H13IN2O3. The average Bonchev–Trinajstić information content (AvgIpc) is 2.18. The minimum Gasteiger partial charge on any atom is -0.479 e. The number of carbonyl (C=O) groups is 1. The molecule has 0 bridgehead atoms. The monoisotopic (exact) mass is 312 g/mol. The molecule has 6 heteroatoms. The van der Waals surface area contributed by atoms with Crippen LogP contribution in [-0.2, 0) is 14.3 Å². The Hall–Kier alpha value is -0.790. The maximum atomic E-state index is 11.2. The Bertz CT molecular complexity index is 274. The normalized spacial score (nSPS) is 13.3. The van der Waals surface area contributed by atoms with E-state index in [4.69, 9.17) is 10.5 Å². The fourth-order valence-corrected chi connectivity index (χ4v) is 1.33. The molecule has 0 aliphatic heterocycles. The van der Waals surface area contributed by atoms with Crippen molar-refractivity contribution in [2.75, 3.05) is 20.8 Å². The molecule has 14 heavy (non-hydrogen) atoms. The van der Waals surface area contributed by atoms with Crippen molar-refractivity contribution in [2.45, 2.75) is 6.92 Å². The minimum absolute atomic E-state index is 0.166. The molecule has 0 aromatic carbocycles. The van der Waals surface area contributed by atoms with Crippen LogP contribution in [0.15, 0.2) is 14.5 Å². The number of nitrogens with two attached hydrogens (primary N) is 1. The van der Waals surface area contributed by atoms with Gasteiger partial charge in [0.1, 0.15) is 3.58 Å². The van der Waals surface area contributed by atoms with Crippen LogP contribution in [0.4, 0.5) is 0 Å². The largest absolute Gasteiger partial charge is 0.479 e. The van der Waals surface area contributed by atoms with Gasteiger partial charge in [0.15, 0.2) is 11.6 Å². The number of carbonyl (C=O) groups excluding carboxylic acids is 1. The molecule has 0 aliphatic rings. The van der Waals surface area contributed by atoms with E-state index < -0.39 is 5.97 Å². The number of hydrogen-bond acceptors (Lipinski definition) is 5. The molecule has 0 fully saturated rings. The van der Waals surface area contributed by atoms with Gasteiger partial charge in [-0.25, -0.2) is 4.79 Å². The molecule has 0 spiro atoms. The molecule has 0 atom stereocenters. The maximum absolute atomic E-state index is 11.2. The highest BCUT2D eigenvalue weighted by atomic mass is 127. The van der Waals surface area contributed by atoms with Gasteiger partial charge in [-0.1, -0.05) is 0 Å². The number of rotatable bonds is 4. The molecule has 0 radical (unpaired) electrons. The lowest BCUT2D eigenvalue weighted by Gasteiger charge is -2.07. The molecular weight excluding hydrogens is 299 g/mol. The summed E-state index contributed by atoms with van der Waals surface area (Å²) in [6.45, 7) is 2.24. The van der Waals surface area contributed by atoms with Crippen LogP contribution in [0.2, 0.25) is 0 Å². The minimum atomic E-state index is -0.528. The van der Waals surface area contributed by atoms with Gasteiger partial charge in [0.2, 0.25) is 0 Å². The number of nitrogens with zero attached hydrogens (tertiary/aromatic N) is 1. The van der Waals surface area contributed by atoms with Gasteiger partial charge in [-0.3, -0.25) is 4.99 Å². The molecule has 80 valence electrons. The molecule has 0 rings (SSSR count). The number of aliphatic imine (C=N–C) groups is 1. The summed E-state index contributed by atoms with van der Waals surface area (Å²) in [5, 5.41) is 0. The zero-order chi connectivity index (χ0) is 11.1. The molecule has 0 unspecified atom stereocenters. The average molecular weight is 312 g/mol. The summed E-state index contributed by atoms with van der Waals surface area (Å²) in [5.41, 5.74) is 5.72. The van der Waals surface area contributed by atoms with Crippen LogP contribution in [0.25, 0.3) is 0 Å². The van der Waals surface area contributed by atoms with Crippen molar-refractivity contribution in [3.63, 3.8) is 0 Å². The third-order valence-electron chi connectivity index (χ3n) is 1.33. The number of methoxy groups -OCH3 is 1. The standard InChI is InChI=1S/C8H13IN2O3/c1-4-14-7(10)5(9)6(11-2)8(12)13-3/h4,10H2,1-3H3. The third-order valence-corrected chi connectivity index (χ3v) is 2.37. The first-order valence-electron chi connectivity index (χ1n) is 3.91. The van der Waals surface area contributed by atoms with Crippen LogP contribution >= 0.6 is 22.6 Å². The van der Waals surface area contributed by atoms with Gasteiger partial charge >= 0.3 is 5.97 Å². The predicted octanol–water partition coefficient (Wildman–Crippen LogP) is 0.830. The van der Waals surface area contributed by atoms with E-state index in [1.165, 1.54) is 14.2 Å². The Kier molecular flexibility index (Phi) is 6.26. The highest BCUT2D eigenvalue weighted by Crippen LogP contribution is 2.13. The molecule has 0 aromatic heterocycles. The van der Waals surface area contributed by atoms with Gasteiger partial charge in [0.05, 0.1) is 13.7 Å². The fraction of sp³-hybridized carbons (Fsp3) is 0.500. The van der Waals surface area contributed by atoms with E-state index in [0.717, 1.165) is 0 Å². The van der Waals surface area contributed by atoms with E-state index in [1.807, 2.05) is 22.6 Å². The Morgan fingerprint density at radius 1 is 1.57 bits per heavy atom. The Labute approximate surface area is 96.5 Å². The molecule has 0 aromatic rings. The highest BCUT2D eigenvalue weighted by Gasteiger charge is 2.17. The van der Waals surface area contributed by atoms with Gasteiger partial charge in [-0.2, -0.15) is 0 Å². The molecule has 0 saturated carbocycles. The summed E-state index contributed by atoms with van der Waals surface area (Å²) in [5.74, 6) is -0.348. The second-order valence-electron chi connectivity index (χ2n) is 2.18. The van der Waals surface area contributed by atoms with Crippen LogP contribution in [0.1, 0.15) is 6.92 Å². The lowest BCUT2D eigenvalue weighted by atomic mass is 10.3. The Morgan fingerprint density at radius 2 is 2.14 bits per heavy atom. The highest BCUT2D eigenvalue weighted by molar-refractivity contribution is 14.1. The van der Waals surface area contributed by atoms with E-state index >= 15 is 0 Å². The van der Waals surface area contributed by atoms with Crippen molar-refractivity contribution in [1.29, 1.82) is 0 Å². The summed E-state index contributed by atoms with van der Waals surface area (Å²) in [4.78, 5) is 15.0. The van der Waals surface area contributed by atoms with Crippen LogP contribution in [-0.4, -0.2) is 32.4 Å². The quantitative estimate of drug-likeness (QED) is 0.361. The van der Waals surface area contributed by atoms with Gasteiger partial charge in [-0.15, -0.1) is 0 Å². The van der Waals surface area contributed by atoms with Gasteiger partial charge in [-0.05, 0) is 29.5 Å². The van der Waals surface area contributed by atoms with Crippen molar-refractivity contribution < 1.29 is 14.3 Å². The smallest absolute Gasteiger partial charge is 0.357 e. The SMILES string of the molecule is CCOC(N)=C(I)C(=NC)C(=O)OC. The third kappa shape index (κ3) is 3.52. The van der Waals surface area contributed by atoms with Crippen LogP contribution in [0.3, 0.4) is 0 Å². The van der Waals surface area contributed by atoms with Crippen LogP contribution < -0.4 is 5.73 Å². The van der Waals surface area contributed by atoms with Gasteiger partial charge in [0, 0.05) is 7.05 Å². The lowest BCUT2D eigenvalue weighted by molar-refractivity contribution is -0.132. The lowest BCUT2D eigenvalue weighted by Crippen LogP contribution is -2.19.